The molecule has 1 rings (SSSR count). The summed E-state index contributed by atoms with van der Waals surface area (Å²) >= 11 is 6.18. The van der Waals surface area contributed by atoms with Crippen molar-refractivity contribution in [1.82, 2.24) is 4.90 Å². The van der Waals surface area contributed by atoms with Crippen LogP contribution >= 0.6 is 11.6 Å². The van der Waals surface area contributed by atoms with E-state index in [2.05, 4.69) is 18.4 Å². The van der Waals surface area contributed by atoms with Crippen molar-refractivity contribution in [1.29, 1.82) is 0 Å². The van der Waals surface area contributed by atoms with E-state index in [1.807, 2.05) is 33.2 Å². The molecule has 1 atom stereocenters. The Kier molecular flexibility index (Phi) is 4.61. The third-order valence-corrected chi connectivity index (χ3v) is 3.30. The Morgan fingerprint density at radius 2 is 2.00 bits per heavy atom. The van der Waals surface area contributed by atoms with Crippen LogP contribution in [0.4, 0.5) is 0 Å². The molecule has 0 radical (unpaired) electrons. The molecule has 0 aromatic heterocycles. The normalized spacial score (nSPS) is 12.6. The highest BCUT2D eigenvalue weighted by Crippen LogP contribution is 2.35. The highest BCUT2D eigenvalue weighted by atomic mass is 35.5. The van der Waals surface area contributed by atoms with Gasteiger partial charge in [0, 0.05) is 6.04 Å². The zero-order chi connectivity index (χ0) is 13.2. The summed E-state index contributed by atoms with van der Waals surface area (Å²) in [5.74, 6) is 0.694. The number of methoxy groups -OCH3 is 1. The molecule has 0 fully saturated rings. The van der Waals surface area contributed by atoms with E-state index in [0.29, 0.717) is 10.8 Å². The summed E-state index contributed by atoms with van der Waals surface area (Å²) in [6.45, 7) is 8.15. The van der Waals surface area contributed by atoms with Gasteiger partial charge in [-0.3, -0.25) is 0 Å². The van der Waals surface area contributed by atoms with E-state index in [1.54, 1.807) is 7.11 Å². The molecular weight excluding hydrogens is 234 g/mol. The Morgan fingerprint density at radius 1 is 1.41 bits per heavy atom. The number of hydrogen-bond donors (Lipinski definition) is 0. The summed E-state index contributed by atoms with van der Waals surface area (Å²) < 4.78 is 5.24. The lowest BCUT2D eigenvalue weighted by atomic mass is 9.96. The molecule has 0 heterocycles. The van der Waals surface area contributed by atoms with Gasteiger partial charge in [-0.2, -0.15) is 0 Å². The molecule has 94 valence electrons. The Morgan fingerprint density at radius 3 is 2.41 bits per heavy atom. The van der Waals surface area contributed by atoms with Crippen LogP contribution in [0.3, 0.4) is 0 Å². The van der Waals surface area contributed by atoms with Gasteiger partial charge in [-0.15, -0.1) is 0 Å². The SMILES string of the molecule is C=C(C)c1cc(OC)c(Cl)cc1C(C)N(C)C. The minimum Gasteiger partial charge on any atom is -0.495 e. The molecule has 0 spiro atoms. The average Bonchev–Trinajstić information content (AvgIpc) is 2.27. The largest absolute Gasteiger partial charge is 0.495 e. The highest BCUT2D eigenvalue weighted by Gasteiger charge is 2.16. The van der Waals surface area contributed by atoms with Gasteiger partial charge >= 0.3 is 0 Å². The Hall–Kier alpha value is -0.990. The molecule has 0 aliphatic rings. The number of halogens is 1. The van der Waals surface area contributed by atoms with Crippen LogP contribution in [-0.4, -0.2) is 26.1 Å². The van der Waals surface area contributed by atoms with E-state index in [0.717, 1.165) is 11.1 Å². The number of benzene rings is 1. The van der Waals surface area contributed by atoms with Gasteiger partial charge in [-0.25, -0.2) is 0 Å². The maximum Gasteiger partial charge on any atom is 0.138 e. The quantitative estimate of drug-likeness (QED) is 0.804. The van der Waals surface area contributed by atoms with Gasteiger partial charge in [-0.05, 0) is 51.2 Å². The predicted octanol–water partition coefficient (Wildman–Crippen LogP) is 4.00. The fourth-order valence-corrected chi connectivity index (χ4v) is 1.97. The van der Waals surface area contributed by atoms with Crippen LogP contribution in [0.1, 0.15) is 31.0 Å². The first kappa shape index (κ1) is 14.1. The number of hydrogen-bond acceptors (Lipinski definition) is 2. The van der Waals surface area contributed by atoms with E-state index < -0.39 is 0 Å². The first-order valence-corrected chi connectivity index (χ1v) is 5.96. The van der Waals surface area contributed by atoms with Gasteiger partial charge < -0.3 is 9.64 Å². The van der Waals surface area contributed by atoms with Crippen molar-refractivity contribution >= 4 is 17.2 Å². The summed E-state index contributed by atoms with van der Waals surface area (Å²) in [4.78, 5) is 2.14. The molecule has 2 nitrogen and oxygen atoms in total. The molecule has 1 aromatic rings. The van der Waals surface area contributed by atoms with Gasteiger partial charge in [0.05, 0.1) is 12.1 Å². The summed E-state index contributed by atoms with van der Waals surface area (Å²) in [7, 11) is 5.72. The Labute approximate surface area is 109 Å². The second-order valence-electron chi connectivity index (χ2n) is 4.49. The van der Waals surface area contributed by atoms with Crippen LogP contribution in [0.2, 0.25) is 5.02 Å². The van der Waals surface area contributed by atoms with Crippen molar-refractivity contribution in [3.63, 3.8) is 0 Å². The molecule has 17 heavy (non-hydrogen) atoms. The summed E-state index contributed by atoms with van der Waals surface area (Å²) in [5, 5.41) is 0.640. The zero-order valence-electron chi connectivity index (χ0n) is 11.2. The third kappa shape index (κ3) is 3.02. The molecule has 0 saturated heterocycles. The second-order valence-corrected chi connectivity index (χ2v) is 4.90. The average molecular weight is 254 g/mol. The molecule has 0 aliphatic carbocycles. The molecule has 0 aliphatic heterocycles. The van der Waals surface area contributed by atoms with Crippen LogP contribution in [0.15, 0.2) is 18.7 Å². The van der Waals surface area contributed by atoms with Crippen molar-refractivity contribution in [3.8, 4) is 5.75 Å². The molecule has 0 N–H and O–H groups in total. The lowest BCUT2D eigenvalue weighted by Crippen LogP contribution is -2.18. The van der Waals surface area contributed by atoms with Crippen LogP contribution < -0.4 is 4.74 Å². The van der Waals surface area contributed by atoms with Gasteiger partial charge in [0.1, 0.15) is 5.75 Å². The molecular formula is C14H20ClNO. The topological polar surface area (TPSA) is 12.5 Å². The van der Waals surface area contributed by atoms with Crippen molar-refractivity contribution in [2.24, 2.45) is 0 Å². The predicted molar refractivity (Wildman–Crippen MR) is 74.8 cm³/mol. The van der Waals surface area contributed by atoms with E-state index in [1.165, 1.54) is 5.56 Å². The molecule has 0 amide bonds. The number of rotatable bonds is 4. The summed E-state index contributed by atoms with van der Waals surface area (Å²) in [5.41, 5.74) is 3.30. The van der Waals surface area contributed by atoms with Gasteiger partial charge in [0.2, 0.25) is 0 Å². The van der Waals surface area contributed by atoms with E-state index in [-0.39, 0.29) is 6.04 Å². The Bertz CT molecular complexity index is 426. The minimum atomic E-state index is 0.283. The standard InChI is InChI=1S/C14H20ClNO/c1-9(2)11-8-14(17-6)13(15)7-12(11)10(3)16(4)5/h7-8,10H,1H2,2-6H3. The van der Waals surface area contributed by atoms with Crippen molar-refractivity contribution in [3.05, 3.63) is 34.9 Å². The summed E-state index contributed by atoms with van der Waals surface area (Å²) in [6, 6.07) is 4.21. The van der Waals surface area contributed by atoms with Gasteiger partial charge in [-0.1, -0.05) is 23.8 Å². The van der Waals surface area contributed by atoms with E-state index >= 15 is 0 Å². The number of ether oxygens (including phenoxy) is 1. The lowest BCUT2D eigenvalue weighted by Gasteiger charge is -2.24. The van der Waals surface area contributed by atoms with Crippen molar-refractivity contribution < 1.29 is 4.74 Å². The number of allylic oxidation sites excluding steroid dienone is 1. The van der Waals surface area contributed by atoms with Gasteiger partial charge in [0.25, 0.3) is 0 Å². The van der Waals surface area contributed by atoms with E-state index in [4.69, 9.17) is 16.3 Å². The molecule has 0 bridgehead atoms. The fourth-order valence-electron chi connectivity index (χ4n) is 1.72. The Balaban J connectivity index is 3.37. The lowest BCUT2D eigenvalue weighted by molar-refractivity contribution is 0.320. The molecule has 0 saturated carbocycles. The van der Waals surface area contributed by atoms with E-state index in [9.17, 15) is 0 Å². The van der Waals surface area contributed by atoms with Crippen molar-refractivity contribution in [2.45, 2.75) is 19.9 Å². The zero-order valence-corrected chi connectivity index (χ0v) is 11.9. The number of nitrogens with zero attached hydrogens (tertiary/aromatic N) is 1. The fraction of sp³-hybridized carbons (Fsp3) is 0.429. The van der Waals surface area contributed by atoms with Crippen LogP contribution in [-0.2, 0) is 0 Å². The summed E-state index contributed by atoms with van der Waals surface area (Å²) in [6.07, 6.45) is 0. The van der Waals surface area contributed by atoms with Crippen LogP contribution in [0.25, 0.3) is 5.57 Å². The highest BCUT2D eigenvalue weighted by molar-refractivity contribution is 6.32. The molecule has 1 aromatic carbocycles. The van der Waals surface area contributed by atoms with Crippen LogP contribution in [0.5, 0.6) is 5.75 Å². The smallest absolute Gasteiger partial charge is 0.138 e. The monoisotopic (exact) mass is 253 g/mol. The molecule has 3 heteroatoms. The maximum absolute atomic E-state index is 6.18. The second kappa shape index (κ2) is 5.56. The molecule has 1 unspecified atom stereocenters. The first-order chi connectivity index (χ1) is 7.88. The van der Waals surface area contributed by atoms with Gasteiger partial charge in [0.15, 0.2) is 0 Å². The minimum absolute atomic E-state index is 0.283. The maximum atomic E-state index is 6.18. The third-order valence-electron chi connectivity index (χ3n) is 3.01. The van der Waals surface area contributed by atoms with Crippen LogP contribution in [0, 0.1) is 0 Å². The first-order valence-electron chi connectivity index (χ1n) is 5.58. The van der Waals surface area contributed by atoms with Crippen molar-refractivity contribution in [2.75, 3.05) is 21.2 Å².